The molecule has 0 amide bonds. The van der Waals surface area contributed by atoms with Gasteiger partial charge in [-0.2, -0.15) is 13.2 Å². The van der Waals surface area contributed by atoms with E-state index in [2.05, 4.69) is 13.8 Å². The van der Waals surface area contributed by atoms with Crippen molar-refractivity contribution in [3.05, 3.63) is 29.8 Å². The van der Waals surface area contributed by atoms with Crippen molar-refractivity contribution in [2.75, 3.05) is 6.61 Å². The summed E-state index contributed by atoms with van der Waals surface area (Å²) in [6.45, 7) is 3.78. The molecule has 16 heavy (non-hydrogen) atoms. The molecule has 0 aromatic heterocycles. The fraction of sp³-hybridized carbons (Fsp3) is 0.500. The average Bonchev–Trinajstić information content (AvgIpc) is 2.16. The van der Waals surface area contributed by atoms with Gasteiger partial charge in [-0.1, -0.05) is 26.0 Å². The SMILES string of the molecule is CC(C)c1ccc(OCCC(F)(F)F)cc1. The van der Waals surface area contributed by atoms with Crippen LogP contribution in [0.2, 0.25) is 0 Å². The molecule has 0 spiro atoms. The summed E-state index contributed by atoms with van der Waals surface area (Å²) in [7, 11) is 0. The molecule has 0 saturated heterocycles. The molecule has 4 heteroatoms. The van der Waals surface area contributed by atoms with E-state index in [0.29, 0.717) is 11.7 Å². The predicted octanol–water partition coefficient (Wildman–Crippen LogP) is 4.14. The van der Waals surface area contributed by atoms with Gasteiger partial charge in [0.25, 0.3) is 0 Å². The highest BCUT2D eigenvalue weighted by Crippen LogP contribution is 2.21. The predicted molar refractivity (Wildman–Crippen MR) is 56.7 cm³/mol. The molecule has 0 aliphatic rings. The molecule has 1 aromatic carbocycles. The molecule has 0 N–H and O–H groups in total. The van der Waals surface area contributed by atoms with Crippen LogP contribution in [0.4, 0.5) is 13.2 Å². The summed E-state index contributed by atoms with van der Waals surface area (Å²) in [5.74, 6) is 0.887. The first-order valence-electron chi connectivity index (χ1n) is 5.18. The normalized spacial score (nSPS) is 11.9. The van der Waals surface area contributed by atoms with Gasteiger partial charge in [-0.15, -0.1) is 0 Å². The van der Waals surface area contributed by atoms with Crippen LogP contribution in [0.1, 0.15) is 31.7 Å². The third-order valence-corrected chi connectivity index (χ3v) is 2.20. The third kappa shape index (κ3) is 4.55. The zero-order chi connectivity index (χ0) is 12.2. The molecule has 0 unspecified atom stereocenters. The summed E-state index contributed by atoms with van der Waals surface area (Å²) in [6.07, 6.45) is -5.07. The van der Waals surface area contributed by atoms with Crippen LogP contribution in [-0.4, -0.2) is 12.8 Å². The first-order chi connectivity index (χ1) is 7.38. The monoisotopic (exact) mass is 232 g/mol. The molecule has 0 heterocycles. The Morgan fingerprint density at radius 3 is 2.12 bits per heavy atom. The number of alkyl halides is 3. The second kappa shape index (κ2) is 5.23. The van der Waals surface area contributed by atoms with Gasteiger partial charge in [-0.05, 0) is 23.6 Å². The van der Waals surface area contributed by atoms with Crippen molar-refractivity contribution in [2.45, 2.75) is 32.4 Å². The molecule has 1 rings (SSSR count). The molecule has 1 nitrogen and oxygen atoms in total. The van der Waals surface area contributed by atoms with E-state index in [4.69, 9.17) is 4.74 Å². The molecule has 0 fully saturated rings. The Hall–Kier alpha value is -1.19. The second-order valence-corrected chi connectivity index (χ2v) is 3.94. The van der Waals surface area contributed by atoms with E-state index < -0.39 is 12.6 Å². The zero-order valence-electron chi connectivity index (χ0n) is 9.34. The molecule has 0 saturated carbocycles. The molecule has 0 atom stereocenters. The summed E-state index contributed by atoms with van der Waals surface area (Å²) < 4.78 is 40.5. The summed E-state index contributed by atoms with van der Waals surface area (Å²) in [5, 5.41) is 0. The van der Waals surface area contributed by atoms with Gasteiger partial charge < -0.3 is 4.74 Å². The molecule has 0 radical (unpaired) electrons. The zero-order valence-corrected chi connectivity index (χ0v) is 9.34. The van der Waals surface area contributed by atoms with Gasteiger partial charge in [-0.25, -0.2) is 0 Å². The van der Waals surface area contributed by atoms with E-state index in [-0.39, 0.29) is 6.61 Å². The highest BCUT2D eigenvalue weighted by atomic mass is 19.4. The number of halogens is 3. The van der Waals surface area contributed by atoms with Crippen LogP contribution in [-0.2, 0) is 0 Å². The van der Waals surface area contributed by atoms with Gasteiger partial charge in [0.1, 0.15) is 5.75 Å². The summed E-state index contributed by atoms with van der Waals surface area (Å²) in [4.78, 5) is 0. The lowest BCUT2D eigenvalue weighted by Crippen LogP contribution is -2.12. The van der Waals surface area contributed by atoms with Crippen LogP contribution < -0.4 is 4.74 Å². The minimum Gasteiger partial charge on any atom is -0.493 e. The smallest absolute Gasteiger partial charge is 0.392 e. The largest absolute Gasteiger partial charge is 0.493 e. The van der Waals surface area contributed by atoms with E-state index in [1.165, 1.54) is 0 Å². The van der Waals surface area contributed by atoms with E-state index >= 15 is 0 Å². The third-order valence-electron chi connectivity index (χ3n) is 2.20. The number of hydrogen-bond acceptors (Lipinski definition) is 1. The first-order valence-corrected chi connectivity index (χ1v) is 5.18. The first kappa shape index (κ1) is 12.9. The Labute approximate surface area is 93.2 Å². The van der Waals surface area contributed by atoms with Crippen molar-refractivity contribution in [3.63, 3.8) is 0 Å². The van der Waals surface area contributed by atoms with Gasteiger partial charge in [0.05, 0.1) is 13.0 Å². The van der Waals surface area contributed by atoms with E-state index in [9.17, 15) is 13.2 Å². The lowest BCUT2D eigenvalue weighted by molar-refractivity contribution is -0.139. The lowest BCUT2D eigenvalue weighted by atomic mass is 10.0. The van der Waals surface area contributed by atoms with Crippen molar-refractivity contribution >= 4 is 0 Å². The van der Waals surface area contributed by atoms with Crippen LogP contribution in [0.3, 0.4) is 0 Å². The van der Waals surface area contributed by atoms with Crippen molar-refractivity contribution < 1.29 is 17.9 Å². The maximum Gasteiger partial charge on any atom is 0.392 e. The Morgan fingerprint density at radius 2 is 1.69 bits per heavy atom. The van der Waals surface area contributed by atoms with Crippen molar-refractivity contribution in [3.8, 4) is 5.75 Å². The molecule has 90 valence electrons. The standard InChI is InChI=1S/C12H15F3O/c1-9(2)10-3-5-11(6-4-10)16-8-7-12(13,14)15/h3-6,9H,7-8H2,1-2H3. The number of hydrogen-bond donors (Lipinski definition) is 0. The van der Waals surface area contributed by atoms with Gasteiger partial charge in [-0.3, -0.25) is 0 Å². The second-order valence-electron chi connectivity index (χ2n) is 3.94. The average molecular weight is 232 g/mol. The quantitative estimate of drug-likeness (QED) is 0.758. The Balaban J connectivity index is 2.44. The lowest BCUT2D eigenvalue weighted by Gasteiger charge is -2.10. The van der Waals surface area contributed by atoms with E-state index in [1.54, 1.807) is 12.1 Å². The van der Waals surface area contributed by atoms with Crippen molar-refractivity contribution in [2.24, 2.45) is 0 Å². The van der Waals surface area contributed by atoms with E-state index in [1.807, 2.05) is 12.1 Å². The molecular weight excluding hydrogens is 217 g/mol. The Morgan fingerprint density at radius 1 is 1.12 bits per heavy atom. The molecule has 0 bridgehead atoms. The molecule has 0 aliphatic heterocycles. The minimum absolute atomic E-state index is 0.329. The number of benzene rings is 1. The van der Waals surface area contributed by atoms with Gasteiger partial charge in [0.15, 0.2) is 0 Å². The fourth-order valence-electron chi connectivity index (χ4n) is 1.23. The number of rotatable bonds is 4. The van der Waals surface area contributed by atoms with Crippen molar-refractivity contribution in [1.82, 2.24) is 0 Å². The van der Waals surface area contributed by atoms with Crippen LogP contribution in [0.25, 0.3) is 0 Å². The molecule has 0 aliphatic carbocycles. The van der Waals surface area contributed by atoms with Crippen molar-refractivity contribution in [1.29, 1.82) is 0 Å². The van der Waals surface area contributed by atoms with Crippen LogP contribution in [0.5, 0.6) is 5.75 Å². The topological polar surface area (TPSA) is 9.23 Å². The van der Waals surface area contributed by atoms with Gasteiger partial charge >= 0.3 is 6.18 Å². The van der Waals surface area contributed by atoms with Crippen LogP contribution >= 0.6 is 0 Å². The van der Waals surface area contributed by atoms with Crippen LogP contribution in [0, 0.1) is 0 Å². The fourth-order valence-corrected chi connectivity index (χ4v) is 1.23. The van der Waals surface area contributed by atoms with Crippen LogP contribution in [0.15, 0.2) is 24.3 Å². The molecular formula is C12H15F3O. The Kier molecular flexibility index (Phi) is 4.21. The Bertz CT molecular complexity index is 314. The highest BCUT2D eigenvalue weighted by Gasteiger charge is 2.26. The van der Waals surface area contributed by atoms with E-state index in [0.717, 1.165) is 5.56 Å². The maximum atomic E-state index is 11.8. The minimum atomic E-state index is -4.15. The maximum absolute atomic E-state index is 11.8. The highest BCUT2D eigenvalue weighted by molar-refractivity contribution is 5.28. The molecule has 1 aromatic rings. The number of ether oxygens (including phenoxy) is 1. The summed E-state index contributed by atoms with van der Waals surface area (Å²) in [6, 6.07) is 7.14. The van der Waals surface area contributed by atoms with Gasteiger partial charge in [0, 0.05) is 0 Å². The summed E-state index contributed by atoms with van der Waals surface area (Å²) in [5.41, 5.74) is 1.14. The van der Waals surface area contributed by atoms with Gasteiger partial charge in [0.2, 0.25) is 0 Å². The summed E-state index contributed by atoms with van der Waals surface area (Å²) >= 11 is 0.